The molecule has 0 saturated heterocycles. The van der Waals surface area contributed by atoms with E-state index in [1.165, 1.54) is 24.2 Å². The summed E-state index contributed by atoms with van der Waals surface area (Å²) in [5.74, 6) is 0. The maximum Gasteiger partial charge on any atom is 0.122 e. The van der Waals surface area contributed by atoms with Gasteiger partial charge in [0.25, 0.3) is 0 Å². The van der Waals surface area contributed by atoms with Gasteiger partial charge in [-0.05, 0) is 39.2 Å². The number of nitrogens with zero attached hydrogens (tertiary/aromatic N) is 3. The van der Waals surface area contributed by atoms with E-state index in [0.717, 1.165) is 19.4 Å². The number of rotatable bonds is 4. The van der Waals surface area contributed by atoms with Crippen LogP contribution in [0.4, 0.5) is 0 Å². The third-order valence-electron chi connectivity index (χ3n) is 3.41. The lowest BCUT2D eigenvalue weighted by atomic mass is 10.00. The lowest BCUT2D eigenvalue weighted by Gasteiger charge is -2.24. The molecule has 1 aromatic heterocycles. The Morgan fingerprint density at radius 3 is 3.00 bits per heavy atom. The van der Waals surface area contributed by atoms with Crippen LogP contribution >= 0.6 is 0 Å². The number of aryl methyl sites for hydroxylation is 1. The summed E-state index contributed by atoms with van der Waals surface area (Å²) in [6, 6.07) is 2.36. The highest BCUT2D eigenvalue weighted by molar-refractivity contribution is 5.18. The van der Waals surface area contributed by atoms with Crippen molar-refractivity contribution in [3.63, 3.8) is 0 Å². The molecule has 4 nitrogen and oxygen atoms in total. The summed E-state index contributed by atoms with van der Waals surface area (Å²) in [6.07, 6.45) is 6.56. The number of likely N-dealkylation sites (N-methyl/N-ethyl adjacent to an activating group) is 1. The quantitative estimate of drug-likeness (QED) is 0.859. The molecule has 1 aliphatic carbocycles. The van der Waals surface area contributed by atoms with Crippen LogP contribution in [0.3, 0.4) is 0 Å². The van der Waals surface area contributed by atoms with Crippen LogP contribution in [0, 0.1) is 11.3 Å². The second kappa shape index (κ2) is 4.89. The van der Waals surface area contributed by atoms with Crippen molar-refractivity contribution >= 4 is 0 Å². The molecule has 4 heteroatoms. The van der Waals surface area contributed by atoms with Gasteiger partial charge in [0.05, 0.1) is 24.6 Å². The summed E-state index contributed by atoms with van der Waals surface area (Å²) in [5, 5.41) is 12.5. The average Bonchev–Trinajstić information content (AvgIpc) is 2.73. The molecule has 0 saturated carbocycles. The van der Waals surface area contributed by atoms with Crippen molar-refractivity contribution in [3.05, 3.63) is 17.7 Å². The monoisotopic (exact) mass is 232 g/mol. The van der Waals surface area contributed by atoms with Crippen LogP contribution in [-0.4, -0.2) is 21.6 Å². The van der Waals surface area contributed by atoms with Crippen LogP contribution in [0.25, 0.3) is 0 Å². The summed E-state index contributed by atoms with van der Waals surface area (Å²) < 4.78 is 2.15. The van der Waals surface area contributed by atoms with Crippen molar-refractivity contribution in [1.82, 2.24) is 14.9 Å². The van der Waals surface area contributed by atoms with E-state index in [9.17, 15) is 5.26 Å². The average molecular weight is 232 g/mol. The zero-order chi connectivity index (χ0) is 12.3. The fraction of sp³-hybridized carbons (Fsp3) is 0.692. The van der Waals surface area contributed by atoms with Crippen LogP contribution in [0.1, 0.15) is 38.1 Å². The van der Waals surface area contributed by atoms with Gasteiger partial charge in [-0.1, -0.05) is 6.92 Å². The normalized spacial score (nSPS) is 18.2. The third kappa shape index (κ3) is 2.50. The third-order valence-corrected chi connectivity index (χ3v) is 3.41. The van der Waals surface area contributed by atoms with Crippen molar-refractivity contribution in [2.45, 2.75) is 51.6 Å². The van der Waals surface area contributed by atoms with Gasteiger partial charge in [-0.2, -0.15) is 5.26 Å². The van der Waals surface area contributed by atoms with Gasteiger partial charge in [0.15, 0.2) is 0 Å². The first-order valence-electron chi connectivity index (χ1n) is 6.37. The maximum absolute atomic E-state index is 9.27. The molecular formula is C13H20N4. The Bertz CT molecular complexity index is 429. The fourth-order valence-corrected chi connectivity index (χ4v) is 2.53. The topological polar surface area (TPSA) is 53.6 Å². The molecule has 0 aliphatic heterocycles. The summed E-state index contributed by atoms with van der Waals surface area (Å²) in [6.45, 7) is 5.46. The Labute approximate surface area is 103 Å². The molecule has 1 heterocycles. The predicted molar refractivity (Wildman–Crippen MR) is 66.6 cm³/mol. The summed E-state index contributed by atoms with van der Waals surface area (Å²) in [5.41, 5.74) is 2.06. The largest absolute Gasteiger partial charge is 0.331 e. The van der Waals surface area contributed by atoms with E-state index in [1.54, 1.807) is 0 Å². The van der Waals surface area contributed by atoms with Crippen LogP contribution in [0.15, 0.2) is 6.33 Å². The lowest BCUT2D eigenvalue weighted by molar-refractivity contribution is 0.389. The van der Waals surface area contributed by atoms with Gasteiger partial charge in [-0.3, -0.25) is 5.32 Å². The van der Waals surface area contributed by atoms with E-state index < -0.39 is 5.54 Å². The van der Waals surface area contributed by atoms with Crippen LogP contribution in [0.2, 0.25) is 0 Å². The van der Waals surface area contributed by atoms with E-state index in [4.69, 9.17) is 0 Å². The molecule has 0 amide bonds. The molecule has 0 spiro atoms. The van der Waals surface area contributed by atoms with E-state index >= 15 is 0 Å². The minimum Gasteiger partial charge on any atom is -0.331 e. The standard InChI is InChI=1S/C13H20N4/c1-3-16-13(2,8-14)9-17-10-15-11-6-4-5-7-12(11)17/h10,16H,3-7,9H2,1-2H3. The molecule has 0 bridgehead atoms. The molecule has 0 aromatic carbocycles. The lowest BCUT2D eigenvalue weighted by Crippen LogP contribution is -2.44. The van der Waals surface area contributed by atoms with Crippen molar-refractivity contribution < 1.29 is 0 Å². The Balaban J connectivity index is 2.18. The highest BCUT2D eigenvalue weighted by atomic mass is 15.1. The first kappa shape index (κ1) is 12.1. The van der Waals surface area contributed by atoms with Crippen molar-refractivity contribution in [2.24, 2.45) is 0 Å². The molecule has 92 valence electrons. The summed E-state index contributed by atoms with van der Waals surface area (Å²) >= 11 is 0. The number of fused-ring (bicyclic) bond motifs is 1. The molecule has 1 unspecified atom stereocenters. The Hall–Kier alpha value is -1.34. The zero-order valence-corrected chi connectivity index (χ0v) is 10.7. The van der Waals surface area contributed by atoms with Crippen LogP contribution < -0.4 is 5.32 Å². The minimum atomic E-state index is -0.499. The SMILES string of the molecule is CCNC(C)(C#N)Cn1cnc2c1CCCC2. The zero-order valence-electron chi connectivity index (χ0n) is 10.7. The molecular weight excluding hydrogens is 212 g/mol. The molecule has 0 fully saturated rings. The fourth-order valence-electron chi connectivity index (χ4n) is 2.53. The van der Waals surface area contributed by atoms with Crippen LogP contribution in [-0.2, 0) is 19.4 Å². The van der Waals surface area contributed by atoms with Gasteiger partial charge in [-0.25, -0.2) is 4.98 Å². The molecule has 1 atom stereocenters. The highest BCUT2D eigenvalue weighted by Crippen LogP contribution is 2.21. The van der Waals surface area contributed by atoms with Crippen molar-refractivity contribution in [2.75, 3.05) is 6.54 Å². The molecule has 1 N–H and O–H groups in total. The van der Waals surface area contributed by atoms with E-state index in [0.29, 0.717) is 6.54 Å². The second-order valence-electron chi connectivity index (χ2n) is 4.95. The number of nitrogens with one attached hydrogen (secondary N) is 1. The smallest absolute Gasteiger partial charge is 0.122 e. The van der Waals surface area contributed by atoms with E-state index in [1.807, 2.05) is 20.2 Å². The summed E-state index contributed by atoms with van der Waals surface area (Å²) in [4.78, 5) is 4.46. The number of nitriles is 1. The number of hydrogen-bond acceptors (Lipinski definition) is 3. The molecule has 1 aromatic rings. The molecule has 0 radical (unpaired) electrons. The van der Waals surface area contributed by atoms with Crippen molar-refractivity contribution in [3.8, 4) is 6.07 Å². The van der Waals surface area contributed by atoms with Crippen LogP contribution in [0.5, 0.6) is 0 Å². The Morgan fingerprint density at radius 1 is 1.53 bits per heavy atom. The van der Waals surface area contributed by atoms with Gasteiger partial charge in [-0.15, -0.1) is 0 Å². The van der Waals surface area contributed by atoms with Gasteiger partial charge in [0, 0.05) is 5.69 Å². The molecule has 1 aliphatic rings. The minimum absolute atomic E-state index is 0.499. The van der Waals surface area contributed by atoms with Gasteiger partial charge >= 0.3 is 0 Å². The number of hydrogen-bond donors (Lipinski definition) is 1. The van der Waals surface area contributed by atoms with E-state index in [-0.39, 0.29) is 0 Å². The summed E-state index contributed by atoms with van der Waals surface area (Å²) in [7, 11) is 0. The highest BCUT2D eigenvalue weighted by Gasteiger charge is 2.25. The predicted octanol–water partition coefficient (Wildman–Crippen LogP) is 1.65. The molecule has 2 rings (SSSR count). The Morgan fingerprint density at radius 2 is 2.29 bits per heavy atom. The molecule has 17 heavy (non-hydrogen) atoms. The Kier molecular flexibility index (Phi) is 3.49. The maximum atomic E-state index is 9.27. The second-order valence-corrected chi connectivity index (χ2v) is 4.95. The van der Waals surface area contributed by atoms with Gasteiger partial charge < -0.3 is 4.57 Å². The first-order chi connectivity index (χ1) is 8.18. The van der Waals surface area contributed by atoms with Gasteiger partial charge in [0.2, 0.25) is 0 Å². The van der Waals surface area contributed by atoms with Gasteiger partial charge in [0.1, 0.15) is 5.54 Å². The number of aromatic nitrogens is 2. The first-order valence-corrected chi connectivity index (χ1v) is 6.37. The van der Waals surface area contributed by atoms with Crippen molar-refractivity contribution in [1.29, 1.82) is 5.26 Å². The van der Waals surface area contributed by atoms with E-state index in [2.05, 4.69) is 20.9 Å². The number of imidazole rings is 1.